The smallest absolute Gasteiger partial charge is 0.176 e. The summed E-state index contributed by atoms with van der Waals surface area (Å²) in [5, 5.41) is 1.80. The molecule has 26 heavy (non-hydrogen) atoms. The van der Waals surface area contributed by atoms with Gasteiger partial charge < -0.3 is 4.84 Å². The lowest BCUT2D eigenvalue weighted by Crippen LogP contribution is -2.13. The van der Waals surface area contributed by atoms with Gasteiger partial charge in [-0.1, -0.05) is 53.0 Å². The number of benzene rings is 3. The van der Waals surface area contributed by atoms with Gasteiger partial charge in [0, 0.05) is 26.2 Å². The Hall–Kier alpha value is -2.20. The summed E-state index contributed by atoms with van der Waals surface area (Å²) in [7, 11) is 0. The molecule has 0 bridgehead atoms. The second-order valence-corrected chi connectivity index (χ2v) is 6.95. The largest absolute Gasteiger partial charge is 0.407 e. The maximum atomic E-state index is 6.26. The molecule has 0 fully saturated rings. The van der Waals surface area contributed by atoms with Crippen LogP contribution in [0.5, 0.6) is 0 Å². The lowest BCUT2D eigenvalue weighted by atomic mass is 10.2. The van der Waals surface area contributed by atoms with E-state index in [0.29, 0.717) is 20.9 Å². The second kappa shape index (κ2) is 7.20. The van der Waals surface area contributed by atoms with Crippen LogP contribution < -0.4 is 4.84 Å². The van der Waals surface area contributed by atoms with Crippen molar-refractivity contribution in [2.75, 3.05) is 0 Å². The first kappa shape index (κ1) is 17.2. The van der Waals surface area contributed by atoms with Gasteiger partial charge in [0.15, 0.2) is 5.82 Å². The Morgan fingerprint density at radius 3 is 2.23 bits per heavy atom. The van der Waals surface area contributed by atoms with Crippen LogP contribution in [0.3, 0.4) is 0 Å². The van der Waals surface area contributed by atoms with Gasteiger partial charge in [0.1, 0.15) is 12.1 Å². The predicted octanol–water partition coefficient (Wildman–Crippen LogP) is 6.29. The van der Waals surface area contributed by atoms with E-state index in [4.69, 9.17) is 44.6 Å². The monoisotopic (exact) mass is 402 g/mol. The average molecular weight is 404 g/mol. The van der Waals surface area contributed by atoms with Crippen molar-refractivity contribution in [3.05, 3.63) is 87.4 Å². The summed E-state index contributed by atoms with van der Waals surface area (Å²) in [4.78, 5) is 10.8. The van der Waals surface area contributed by atoms with Gasteiger partial charge in [-0.3, -0.25) is 0 Å². The Bertz CT molecular complexity index is 1050. The van der Waals surface area contributed by atoms with Gasteiger partial charge in [-0.25, -0.2) is 4.98 Å². The van der Waals surface area contributed by atoms with E-state index in [2.05, 4.69) is 0 Å². The fourth-order valence-electron chi connectivity index (χ4n) is 2.71. The van der Waals surface area contributed by atoms with Crippen molar-refractivity contribution in [3.63, 3.8) is 0 Å². The Labute approximate surface area is 165 Å². The van der Waals surface area contributed by atoms with E-state index in [1.165, 1.54) is 0 Å². The molecule has 0 aliphatic carbocycles. The number of nitrogens with zero attached hydrogens (tertiary/aromatic N) is 2. The van der Waals surface area contributed by atoms with Crippen molar-refractivity contribution in [3.8, 4) is 11.4 Å². The standard InChI is InChI=1S/C20H13Cl3N2O/c21-14-10-8-13(9-11-14)20-24-18-6-1-2-7-19(18)25(20)26-12-15-16(22)4-3-5-17(15)23/h1-11H,12H2. The SMILES string of the molecule is Clc1ccc(-c2nc3ccccc3n2OCc2c(Cl)cccc2Cl)cc1. The first-order valence-corrected chi connectivity index (χ1v) is 9.06. The van der Waals surface area contributed by atoms with Gasteiger partial charge in [-0.15, -0.1) is 0 Å². The molecule has 0 spiro atoms. The lowest BCUT2D eigenvalue weighted by molar-refractivity contribution is 0.110. The predicted molar refractivity (Wildman–Crippen MR) is 107 cm³/mol. The third kappa shape index (κ3) is 3.26. The summed E-state index contributed by atoms with van der Waals surface area (Å²) in [5.74, 6) is 0.686. The van der Waals surface area contributed by atoms with E-state index in [0.717, 1.165) is 22.2 Å². The molecule has 0 N–H and O–H groups in total. The summed E-state index contributed by atoms with van der Waals surface area (Å²) < 4.78 is 1.71. The van der Waals surface area contributed by atoms with Crippen molar-refractivity contribution >= 4 is 45.8 Å². The molecule has 0 unspecified atom stereocenters. The highest BCUT2D eigenvalue weighted by molar-refractivity contribution is 6.35. The van der Waals surface area contributed by atoms with E-state index in [-0.39, 0.29) is 6.61 Å². The number of para-hydroxylation sites is 2. The van der Waals surface area contributed by atoms with E-state index >= 15 is 0 Å². The molecule has 0 aliphatic rings. The van der Waals surface area contributed by atoms with Gasteiger partial charge in [0.25, 0.3) is 0 Å². The highest BCUT2D eigenvalue weighted by Crippen LogP contribution is 2.27. The van der Waals surface area contributed by atoms with Crippen molar-refractivity contribution in [2.45, 2.75) is 6.61 Å². The average Bonchev–Trinajstić information content (AvgIpc) is 3.01. The Morgan fingerprint density at radius 2 is 1.50 bits per heavy atom. The van der Waals surface area contributed by atoms with E-state index < -0.39 is 0 Å². The number of aromatic nitrogens is 2. The fraction of sp³-hybridized carbons (Fsp3) is 0.0500. The van der Waals surface area contributed by atoms with Gasteiger partial charge in [-0.2, -0.15) is 4.73 Å². The molecule has 130 valence electrons. The normalized spacial score (nSPS) is 11.0. The van der Waals surface area contributed by atoms with Crippen LogP contribution in [0.4, 0.5) is 0 Å². The molecule has 1 aromatic heterocycles. The molecule has 0 atom stereocenters. The zero-order valence-electron chi connectivity index (χ0n) is 13.5. The molecule has 4 rings (SSSR count). The maximum absolute atomic E-state index is 6.26. The van der Waals surface area contributed by atoms with Gasteiger partial charge in [0.05, 0.1) is 5.52 Å². The van der Waals surface area contributed by atoms with Crippen LogP contribution in [0.2, 0.25) is 15.1 Å². The van der Waals surface area contributed by atoms with Crippen LogP contribution in [-0.2, 0) is 6.61 Å². The lowest BCUT2D eigenvalue weighted by Gasteiger charge is -2.13. The molecule has 0 saturated carbocycles. The van der Waals surface area contributed by atoms with Crippen LogP contribution in [0.25, 0.3) is 22.4 Å². The number of hydrogen-bond donors (Lipinski definition) is 0. The zero-order chi connectivity index (χ0) is 18.1. The Balaban J connectivity index is 1.78. The minimum Gasteiger partial charge on any atom is -0.407 e. The number of imidazole rings is 1. The first-order chi connectivity index (χ1) is 12.6. The highest BCUT2D eigenvalue weighted by Gasteiger charge is 2.15. The summed E-state index contributed by atoms with van der Waals surface area (Å²) in [5.41, 5.74) is 3.33. The maximum Gasteiger partial charge on any atom is 0.176 e. The summed E-state index contributed by atoms with van der Waals surface area (Å²) in [6, 6.07) is 20.6. The number of rotatable bonds is 4. The highest BCUT2D eigenvalue weighted by atomic mass is 35.5. The minimum absolute atomic E-state index is 0.222. The number of fused-ring (bicyclic) bond motifs is 1. The zero-order valence-corrected chi connectivity index (χ0v) is 15.8. The van der Waals surface area contributed by atoms with E-state index in [1.54, 1.807) is 22.9 Å². The molecular formula is C20H13Cl3N2O. The molecule has 0 saturated heterocycles. The fourth-order valence-corrected chi connectivity index (χ4v) is 3.35. The van der Waals surface area contributed by atoms with Crippen LogP contribution >= 0.6 is 34.8 Å². The second-order valence-electron chi connectivity index (χ2n) is 5.70. The third-order valence-electron chi connectivity index (χ3n) is 4.02. The van der Waals surface area contributed by atoms with Crippen LogP contribution in [0.15, 0.2) is 66.7 Å². The van der Waals surface area contributed by atoms with Crippen LogP contribution in [-0.4, -0.2) is 9.71 Å². The van der Waals surface area contributed by atoms with Crippen LogP contribution in [0, 0.1) is 0 Å². The first-order valence-electron chi connectivity index (χ1n) is 7.93. The number of hydrogen-bond acceptors (Lipinski definition) is 2. The van der Waals surface area contributed by atoms with Crippen molar-refractivity contribution in [1.29, 1.82) is 0 Å². The van der Waals surface area contributed by atoms with Gasteiger partial charge in [-0.05, 0) is 48.5 Å². The molecule has 3 aromatic carbocycles. The van der Waals surface area contributed by atoms with Gasteiger partial charge >= 0.3 is 0 Å². The van der Waals surface area contributed by atoms with Crippen molar-refractivity contribution in [2.24, 2.45) is 0 Å². The topological polar surface area (TPSA) is 27.1 Å². The molecular weight excluding hydrogens is 391 g/mol. The minimum atomic E-state index is 0.222. The number of halogens is 3. The summed E-state index contributed by atoms with van der Waals surface area (Å²) >= 11 is 18.5. The molecule has 1 heterocycles. The van der Waals surface area contributed by atoms with E-state index in [9.17, 15) is 0 Å². The third-order valence-corrected chi connectivity index (χ3v) is 4.98. The van der Waals surface area contributed by atoms with Crippen LogP contribution in [0.1, 0.15) is 5.56 Å². The summed E-state index contributed by atoms with van der Waals surface area (Å²) in [6.07, 6.45) is 0. The van der Waals surface area contributed by atoms with Gasteiger partial charge in [0.2, 0.25) is 0 Å². The van der Waals surface area contributed by atoms with E-state index in [1.807, 2.05) is 48.5 Å². The van der Waals surface area contributed by atoms with Crippen molar-refractivity contribution < 1.29 is 4.84 Å². The Morgan fingerprint density at radius 1 is 0.808 bits per heavy atom. The molecule has 6 heteroatoms. The summed E-state index contributed by atoms with van der Waals surface area (Å²) in [6.45, 7) is 0.222. The molecule has 0 radical (unpaired) electrons. The molecule has 0 amide bonds. The molecule has 4 aromatic rings. The molecule has 3 nitrogen and oxygen atoms in total. The quantitative estimate of drug-likeness (QED) is 0.400. The molecule has 0 aliphatic heterocycles. The Kier molecular flexibility index (Phi) is 4.77. The van der Waals surface area contributed by atoms with Crippen molar-refractivity contribution in [1.82, 2.24) is 9.71 Å².